The van der Waals surface area contributed by atoms with Crippen LogP contribution in [0.1, 0.15) is 310 Å². The fourth-order valence-electron chi connectivity index (χ4n) is 9.38. The van der Waals surface area contributed by atoms with Crippen molar-refractivity contribution in [1.82, 2.24) is 5.32 Å². The van der Waals surface area contributed by atoms with E-state index in [1.54, 1.807) is 0 Å². The van der Waals surface area contributed by atoms with Crippen LogP contribution < -0.4 is 5.32 Å². The lowest BCUT2D eigenvalue weighted by molar-refractivity contribution is -0.870. The molecule has 10 heteroatoms. The van der Waals surface area contributed by atoms with Crippen molar-refractivity contribution in [2.24, 2.45) is 0 Å². The number of nitrogens with zero attached hydrogens (tertiary/aromatic N) is 1. The van der Waals surface area contributed by atoms with Crippen molar-refractivity contribution in [3.8, 4) is 0 Å². The Morgan fingerprint density at radius 1 is 0.473 bits per heavy atom. The summed E-state index contributed by atoms with van der Waals surface area (Å²) in [5.74, 6) is -0.500. The van der Waals surface area contributed by atoms with Gasteiger partial charge in [-0.3, -0.25) is 18.6 Å². The smallest absolute Gasteiger partial charge is 0.456 e. The number of quaternary nitrogens is 1. The molecule has 3 unspecified atom stereocenters. The van der Waals surface area contributed by atoms with Crippen LogP contribution in [0.15, 0.2) is 36.5 Å². The molecule has 0 aromatic heterocycles. The number of hydrogen-bond acceptors (Lipinski definition) is 6. The number of ether oxygens (including phenoxy) is 1. The van der Waals surface area contributed by atoms with Crippen molar-refractivity contribution in [2.45, 2.75) is 322 Å². The first-order chi connectivity index (χ1) is 35.9. The van der Waals surface area contributed by atoms with Gasteiger partial charge in [0.15, 0.2) is 0 Å². The van der Waals surface area contributed by atoms with Crippen molar-refractivity contribution in [1.29, 1.82) is 0 Å². The highest BCUT2D eigenvalue weighted by molar-refractivity contribution is 7.47. The first-order valence-electron chi connectivity index (χ1n) is 31.8. The third-order valence-electron chi connectivity index (χ3n) is 14.3. The van der Waals surface area contributed by atoms with E-state index in [1.807, 2.05) is 33.3 Å². The van der Waals surface area contributed by atoms with Gasteiger partial charge in [-0.15, -0.1) is 0 Å². The summed E-state index contributed by atoms with van der Waals surface area (Å²) in [6.07, 6.45) is 65.6. The molecular weight excluding hydrogens is 940 g/mol. The number of phosphoric ester groups is 1. The molecule has 0 fully saturated rings. The van der Waals surface area contributed by atoms with Gasteiger partial charge in [-0.1, -0.05) is 269 Å². The Labute approximate surface area is 459 Å². The summed E-state index contributed by atoms with van der Waals surface area (Å²) in [4.78, 5) is 37.7. The minimum absolute atomic E-state index is 0.0408. The van der Waals surface area contributed by atoms with Crippen LogP contribution in [0.4, 0.5) is 0 Å². The molecule has 0 saturated carbocycles. The molecule has 0 aliphatic heterocycles. The second kappa shape index (κ2) is 54.6. The number of carbonyl (C=O) groups is 2. The van der Waals surface area contributed by atoms with E-state index in [2.05, 4.69) is 50.4 Å². The second-order valence-electron chi connectivity index (χ2n) is 22.9. The normalized spacial score (nSPS) is 13.9. The van der Waals surface area contributed by atoms with Crippen LogP contribution in [0.25, 0.3) is 0 Å². The van der Waals surface area contributed by atoms with Gasteiger partial charge in [0, 0.05) is 12.8 Å². The van der Waals surface area contributed by atoms with Gasteiger partial charge >= 0.3 is 13.8 Å². The Balaban J connectivity index is 5.22. The fraction of sp³-hybridized carbons (Fsp3) is 0.875. The molecule has 0 aromatic rings. The second-order valence-corrected chi connectivity index (χ2v) is 24.4. The summed E-state index contributed by atoms with van der Waals surface area (Å²) in [6, 6.07) is -0.848. The summed E-state index contributed by atoms with van der Waals surface area (Å²) < 4.78 is 30.7. The molecule has 0 spiro atoms. The van der Waals surface area contributed by atoms with Gasteiger partial charge in [0.25, 0.3) is 0 Å². The molecule has 0 aliphatic carbocycles. The van der Waals surface area contributed by atoms with Crippen LogP contribution >= 0.6 is 7.82 Å². The Kier molecular flexibility index (Phi) is 53.3. The number of allylic oxidation sites excluding steroid dienone is 5. The number of phosphoric acid groups is 1. The minimum Gasteiger partial charge on any atom is -0.456 e. The van der Waals surface area contributed by atoms with Crippen molar-refractivity contribution in [2.75, 3.05) is 40.9 Å². The van der Waals surface area contributed by atoms with E-state index in [0.717, 1.165) is 77.0 Å². The summed E-state index contributed by atoms with van der Waals surface area (Å²) in [7, 11) is 1.50. The number of likely N-dealkylation sites (N-methyl/N-ethyl adjacent to an activating group) is 1. The van der Waals surface area contributed by atoms with Gasteiger partial charge < -0.3 is 19.4 Å². The molecule has 436 valence electrons. The molecule has 0 heterocycles. The number of amides is 1. The molecule has 1 amide bonds. The van der Waals surface area contributed by atoms with Gasteiger partial charge in [0.2, 0.25) is 5.91 Å². The lowest BCUT2D eigenvalue weighted by atomic mass is 10.0. The van der Waals surface area contributed by atoms with Crippen LogP contribution in [0.3, 0.4) is 0 Å². The molecule has 74 heavy (non-hydrogen) atoms. The number of rotatable bonds is 58. The summed E-state index contributed by atoms with van der Waals surface area (Å²) in [5.41, 5.74) is 0. The molecule has 0 aliphatic rings. The number of carbonyl (C=O) groups excluding carboxylic acids is 2. The Morgan fingerprint density at radius 3 is 1.24 bits per heavy atom. The minimum atomic E-state index is -4.45. The molecule has 0 radical (unpaired) electrons. The highest BCUT2D eigenvalue weighted by Crippen LogP contribution is 2.43. The summed E-state index contributed by atoms with van der Waals surface area (Å²) >= 11 is 0. The molecule has 3 atom stereocenters. The van der Waals surface area contributed by atoms with E-state index in [-0.39, 0.29) is 25.1 Å². The predicted octanol–water partition coefficient (Wildman–Crippen LogP) is 19.5. The van der Waals surface area contributed by atoms with Crippen LogP contribution in [-0.4, -0.2) is 74.3 Å². The quantitative estimate of drug-likeness (QED) is 0.0205. The number of unbranched alkanes of at least 4 members (excludes halogenated alkanes) is 38. The van der Waals surface area contributed by atoms with E-state index < -0.39 is 20.0 Å². The topological polar surface area (TPSA) is 111 Å². The first kappa shape index (κ1) is 72.2. The fourth-order valence-corrected chi connectivity index (χ4v) is 10.1. The van der Waals surface area contributed by atoms with E-state index in [1.165, 1.54) is 199 Å². The van der Waals surface area contributed by atoms with Crippen LogP contribution in [0.2, 0.25) is 0 Å². The number of esters is 1. The monoisotopic (exact) mass is 1060 g/mol. The maximum Gasteiger partial charge on any atom is 0.472 e. The zero-order chi connectivity index (χ0) is 54.3. The molecule has 2 N–H and O–H groups in total. The molecule has 0 saturated heterocycles. The van der Waals surface area contributed by atoms with E-state index in [0.29, 0.717) is 23.9 Å². The van der Waals surface area contributed by atoms with Crippen molar-refractivity contribution >= 4 is 19.7 Å². The summed E-state index contributed by atoms with van der Waals surface area (Å²) in [6.45, 7) is 7.02. The Morgan fingerprint density at radius 2 is 0.824 bits per heavy atom. The van der Waals surface area contributed by atoms with E-state index in [9.17, 15) is 19.0 Å². The van der Waals surface area contributed by atoms with Crippen LogP contribution in [-0.2, 0) is 27.9 Å². The largest absolute Gasteiger partial charge is 0.472 e. The highest BCUT2D eigenvalue weighted by Gasteiger charge is 2.30. The van der Waals surface area contributed by atoms with E-state index >= 15 is 0 Å². The molecular formula is C64H124N2O7P+. The molecule has 0 aromatic carbocycles. The SMILES string of the molecule is CCCCC/C=C\C/C=C\CCCCCCCCCC(=O)NC(COP(=O)(O)OCC[N+](C)(C)C)C(/C=C/CCCCCCCCCCCC)OC(=O)CCCCCCCCCCCCCCCCCCCCC. The van der Waals surface area contributed by atoms with Crippen LogP contribution in [0, 0.1) is 0 Å². The average Bonchev–Trinajstić information content (AvgIpc) is 3.36. The number of hydrogen-bond donors (Lipinski definition) is 2. The Bertz CT molecular complexity index is 1360. The summed E-state index contributed by atoms with van der Waals surface area (Å²) in [5, 5.41) is 3.06. The van der Waals surface area contributed by atoms with Crippen molar-refractivity contribution in [3.63, 3.8) is 0 Å². The predicted molar refractivity (Wildman–Crippen MR) is 319 cm³/mol. The standard InChI is InChI=1S/C64H123N2O7P/c1-7-10-13-16-19-22-25-28-30-32-33-35-37-39-42-45-48-51-54-57-64(68)73-62(55-52-49-46-43-40-27-24-21-18-15-12-9-3)61(60-72-74(69,70)71-59-58-66(4,5)6)65-63(67)56-53-50-47-44-41-38-36-34-31-29-26-23-20-17-14-11-8-2/h20,23,29,31,52,55,61-62H,7-19,21-22,24-28,30,32-51,53-54,56-60H2,1-6H3,(H-,65,67,69,70)/p+1/b23-20-,31-29-,55-52+. The maximum atomic E-state index is 13.5. The molecule has 0 bridgehead atoms. The number of nitrogens with one attached hydrogen (secondary N) is 1. The molecule has 0 rings (SSSR count). The van der Waals surface area contributed by atoms with E-state index in [4.69, 9.17) is 13.8 Å². The lowest BCUT2D eigenvalue weighted by Gasteiger charge is -2.27. The maximum absolute atomic E-state index is 13.5. The van der Waals surface area contributed by atoms with Crippen molar-refractivity contribution < 1.29 is 37.3 Å². The third kappa shape index (κ3) is 55.0. The first-order valence-corrected chi connectivity index (χ1v) is 33.3. The van der Waals surface area contributed by atoms with Gasteiger partial charge in [-0.2, -0.15) is 0 Å². The lowest BCUT2D eigenvalue weighted by Crippen LogP contribution is -2.47. The van der Waals surface area contributed by atoms with Gasteiger partial charge in [-0.05, 0) is 63.9 Å². The van der Waals surface area contributed by atoms with Crippen molar-refractivity contribution in [3.05, 3.63) is 36.5 Å². The van der Waals surface area contributed by atoms with Gasteiger partial charge in [0.1, 0.15) is 19.3 Å². The van der Waals surface area contributed by atoms with Gasteiger partial charge in [-0.25, -0.2) is 4.57 Å². The Hall–Kier alpha value is -1.77. The highest BCUT2D eigenvalue weighted by atomic mass is 31.2. The zero-order valence-corrected chi connectivity index (χ0v) is 50.7. The van der Waals surface area contributed by atoms with Gasteiger partial charge in [0.05, 0.1) is 33.8 Å². The molecule has 9 nitrogen and oxygen atoms in total. The average molecular weight is 1060 g/mol. The van der Waals surface area contributed by atoms with Crippen LogP contribution in [0.5, 0.6) is 0 Å². The third-order valence-corrected chi connectivity index (χ3v) is 15.3. The zero-order valence-electron chi connectivity index (χ0n) is 49.9.